The summed E-state index contributed by atoms with van der Waals surface area (Å²) >= 11 is 1.28. The number of ether oxygens (including phenoxy) is 1. The summed E-state index contributed by atoms with van der Waals surface area (Å²) in [6.45, 7) is 1.54. The van der Waals surface area contributed by atoms with Crippen molar-refractivity contribution in [2.45, 2.75) is 35.6 Å². The van der Waals surface area contributed by atoms with Crippen LogP contribution >= 0.6 is 11.8 Å². The van der Waals surface area contributed by atoms with Crippen molar-refractivity contribution in [3.05, 3.63) is 54.1 Å². The van der Waals surface area contributed by atoms with Crippen LogP contribution in [-0.4, -0.2) is 49.5 Å². The molecule has 0 unspecified atom stereocenters. The molecule has 10 heteroatoms. The third-order valence-electron chi connectivity index (χ3n) is 4.90. The molecule has 3 rings (SSSR count). The fourth-order valence-electron chi connectivity index (χ4n) is 3.33. The van der Waals surface area contributed by atoms with Crippen LogP contribution < -0.4 is 5.32 Å². The highest BCUT2D eigenvalue weighted by molar-refractivity contribution is 7.99. The largest absolute Gasteiger partial charge is 0.454 e. The van der Waals surface area contributed by atoms with Crippen molar-refractivity contribution in [1.29, 1.82) is 5.26 Å². The Morgan fingerprint density at radius 2 is 1.94 bits per heavy atom. The van der Waals surface area contributed by atoms with E-state index in [1.165, 1.54) is 23.9 Å². The normalized spacial score (nSPS) is 16.3. The smallest absolute Gasteiger partial charge is 0.324 e. The van der Waals surface area contributed by atoms with Crippen LogP contribution in [0.4, 0.5) is 5.69 Å². The van der Waals surface area contributed by atoms with E-state index < -0.39 is 34.5 Å². The van der Waals surface area contributed by atoms with E-state index in [1.54, 1.807) is 36.4 Å². The van der Waals surface area contributed by atoms with Crippen LogP contribution in [0.3, 0.4) is 0 Å². The maximum Gasteiger partial charge on any atom is 0.324 e. The van der Waals surface area contributed by atoms with Crippen molar-refractivity contribution in [2.24, 2.45) is 0 Å². The molecule has 1 aliphatic heterocycles. The molecule has 0 aromatic heterocycles. The van der Waals surface area contributed by atoms with Crippen LogP contribution in [-0.2, 0) is 24.3 Å². The Kier molecular flexibility index (Phi) is 7.90. The minimum atomic E-state index is -3.85. The molecule has 0 spiro atoms. The lowest BCUT2D eigenvalue weighted by Gasteiger charge is -2.22. The van der Waals surface area contributed by atoms with E-state index in [0.29, 0.717) is 18.5 Å². The second kappa shape index (κ2) is 10.6. The van der Waals surface area contributed by atoms with Crippen molar-refractivity contribution in [2.75, 3.05) is 24.2 Å². The van der Waals surface area contributed by atoms with Crippen molar-refractivity contribution in [3.63, 3.8) is 0 Å². The number of thioether (sulfide) groups is 1. The topological polar surface area (TPSA) is 117 Å². The molecule has 8 nitrogen and oxygen atoms in total. The predicted octanol–water partition coefficient (Wildman–Crippen LogP) is 2.95. The fourth-order valence-corrected chi connectivity index (χ4v) is 5.65. The monoisotopic (exact) mass is 473 g/mol. The van der Waals surface area contributed by atoms with Crippen LogP contribution in [0.25, 0.3) is 0 Å². The van der Waals surface area contributed by atoms with Gasteiger partial charge in [-0.25, -0.2) is 8.42 Å². The zero-order chi connectivity index (χ0) is 23.1. The Balaban J connectivity index is 1.61. The van der Waals surface area contributed by atoms with Crippen LogP contribution in [0.2, 0.25) is 0 Å². The van der Waals surface area contributed by atoms with Crippen LogP contribution in [0.1, 0.15) is 18.4 Å². The van der Waals surface area contributed by atoms with Gasteiger partial charge in [-0.05, 0) is 44.0 Å². The second-order valence-corrected chi connectivity index (χ2v) is 10.1. The van der Waals surface area contributed by atoms with Crippen molar-refractivity contribution in [3.8, 4) is 6.07 Å². The summed E-state index contributed by atoms with van der Waals surface area (Å²) in [4.78, 5) is 25.7. The number of sulfonamides is 1. The van der Waals surface area contributed by atoms with Gasteiger partial charge in [0, 0.05) is 11.4 Å². The number of esters is 1. The molecule has 32 heavy (non-hydrogen) atoms. The Morgan fingerprint density at radius 1 is 1.22 bits per heavy atom. The lowest BCUT2D eigenvalue weighted by molar-refractivity contribution is -0.150. The van der Waals surface area contributed by atoms with Gasteiger partial charge >= 0.3 is 5.97 Å². The highest BCUT2D eigenvalue weighted by Crippen LogP contribution is 2.28. The molecule has 1 amide bonds. The summed E-state index contributed by atoms with van der Waals surface area (Å²) in [7, 11) is -3.85. The highest BCUT2D eigenvalue weighted by atomic mass is 32.2. The maximum absolute atomic E-state index is 13.0. The third kappa shape index (κ3) is 5.68. The number of hydrogen-bond acceptors (Lipinski definition) is 7. The number of hydrogen-bond donors (Lipinski definition) is 1. The van der Waals surface area contributed by atoms with E-state index >= 15 is 0 Å². The van der Waals surface area contributed by atoms with Gasteiger partial charge in [0.2, 0.25) is 10.0 Å². The average molecular weight is 474 g/mol. The van der Waals surface area contributed by atoms with Gasteiger partial charge in [0.25, 0.3) is 5.91 Å². The first kappa shape index (κ1) is 23.8. The third-order valence-corrected chi connectivity index (χ3v) is 7.77. The van der Waals surface area contributed by atoms with E-state index in [9.17, 15) is 18.0 Å². The zero-order valence-electron chi connectivity index (χ0n) is 17.5. The van der Waals surface area contributed by atoms with Crippen LogP contribution in [0.5, 0.6) is 0 Å². The number of aryl methyl sites for hydroxylation is 1. The number of nitrogens with one attached hydrogen (secondary N) is 1. The van der Waals surface area contributed by atoms with Gasteiger partial charge in [0.05, 0.1) is 22.4 Å². The predicted molar refractivity (Wildman–Crippen MR) is 120 cm³/mol. The Bertz CT molecular complexity index is 1130. The first-order valence-corrected chi connectivity index (χ1v) is 12.4. The second-order valence-electron chi connectivity index (χ2n) is 7.19. The van der Waals surface area contributed by atoms with Gasteiger partial charge in [-0.3, -0.25) is 9.59 Å². The number of amides is 1. The standard InChI is InChI=1S/C22H23N3O5S2/c1-16-8-10-17(11-9-16)32(28,29)25-13-4-6-19(25)22(27)30-15-21(26)24-18-5-2-3-7-20(18)31-14-12-23/h2-3,5,7-11,19H,4,6,13-15H2,1H3,(H,24,26)/t19-/m0/s1. The molecule has 0 bridgehead atoms. The molecule has 1 saturated heterocycles. The molecule has 0 radical (unpaired) electrons. The lowest BCUT2D eigenvalue weighted by atomic mass is 10.2. The van der Waals surface area contributed by atoms with Crippen molar-refractivity contribution in [1.82, 2.24) is 4.31 Å². The zero-order valence-corrected chi connectivity index (χ0v) is 19.1. The van der Waals surface area contributed by atoms with Crippen LogP contribution in [0, 0.1) is 18.3 Å². The fraction of sp³-hybridized carbons (Fsp3) is 0.318. The highest BCUT2D eigenvalue weighted by Gasteiger charge is 2.40. The van der Waals surface area contributed by atoms with E-state index in [0.717, 1.165) is 14.8 Å². The SMILES string of the molecule is Cc1ccc(S(=O)(=O)N2CCC[C@H]2C(=O)OCC(=O)Nc2ccccc2SCC#N)cc1. The Hall–Kier alpha value is -2.87. The summed E-state index contributed by atoms with van der Waals surface area (Å²) in [5.74, 6) is -1.07. The van der Waals surface area contributed by atoms with Crippen molar-refractivity contribution >= 4 is 39.3 Å². The van der Waals surface area contributed by atoms with Gasteiger partial charge < -0.3 is 10.1 Å². The minimum absolute atomic E-state index is 0.118. The molecule has 0 aliphatic carbocycles. The summed E-state index contributed by atoms with van der Waals surface area (Å²) in [5, 5.41) is 11.4. The molecule has 1 atom stereocenters. The number of carbonyl (C=O) groups is 2. The molecule has 1 fully saturated rings. The molecule has 2 aromatic rings. The molecular formula is C22H23N3O5S2. The van der Waals surface area contributed by atoms with Gasteiger partial charge in [-0.2, -0.15) is 9.57 Å². The Morgan fingerprint density at radius 3 is 2.66 bits per heavy atom. The minimum Gasteiger partial charge on any atom is -0.454 e. The van der Waals surface area contributed by atoms with Gasteiger partial charge in [0.1, 0.15) is 6.04 Å². The Labute approximate surface area is 191 Å². The van der Waals surface area contributed by atoms with Gasteiger partial charge in [0.15, 0.2) is 6.61 Å². The quantitative estimate of drug-likeness (QED) is 0.463. The van der Waals surface area contributed by atoms with E-state index in [-0.39, 0.29) is 17.2 Å². The molecule has 168 valence electrons. The van der Waals surface area contributed by atoms with Gasteiger partial charge in [-0.1, -0.05) is 29.8 Å². The maximum atomic E-state index is 13.0. The lowest BCUT2D eigenvalue weighted by Crippen LogP contribution is -2.42. The number of benzene rings is 2. The number of nitrogens with zero attached hydrogens (tertiary/aromatic N) is 2. The average Bonchev–Trinajstić information content (AvgIpc) is 3.28. The summed E-state index contributed by atoms with van der Waals surface area (Å²) in [5.41, 5.74) is 1.44. The molecule has 1 N–H and O–H groups in total. The van der Waals surface area contributed by atoms with Crippen molar-refractivity contribution < 1.29 is 22.7 Å². The molecule has 1 aliphatic rings. The summed E-state index contributed by atoms with van der Waals surface area (Å²) in [6, 6.07) is 14.5. The number of nitriles is 1. The summed E-state index contributed by atoms with van der Waals surface area (Å²) in [6.07, 6.45) is 0.861. The summed E-state index contributed by atoms with van der Waals surface area (Å²) < 4.78 is 32.2. The molecular weight excluding hydrogens is 450 g/mol. The van der Waals surface area contributed by atoms with E-state index in [4.69, 9.17) is 10.00 Å². The first-order valence-electron chi connectivity index (χ1n) is 9.96. The number of carbonyl (C=O) groups excluding carboxylic acids is 2. The number of para-hydroxylation sites is 1. The molecule has 2 aromatic carbocycles. The van der Waals surface area contributed by atoms with E-state index in [2.05, 4.69) is 5.32 Å². The van der Waals surface area contributed by atoms with Gasteiger partial charge in [-0.15, -0.1) is 11.8 Å². The van der Waals surface area contributed by atoms with E-state index in [1.807, 2.05) is 13.0 Å². The molecule has 1 heterocycles. The number of anilines is 1. The number of rotatable bonds is 8. The van der Waals surface area contributed by atoms with Crippen LogP contribution in [0.15, 0.2) is 58.3 Å². The first-order chi connectivity index (χ1) is 15.3. The molecule has 0 saturated carbocycles.